The number of carbonyl (C=O) groups excluding carboxylic acids is 3. The topological polar surface area (TPSA) is 174 Å². The van der Waals surface area contributed by atoms with E-state index in [1.165, 1.54) is 18.7 Å². The van der Waals surface area contributed by atoms with Gasteiger partial charge in [-0.25, -0.2) is 9.78 Å². The van der Waals surface area contributed by atoms with Gasteiger partial charge in [0.15, 0.2) is 10.8 Å². The number of thiazole rings is 1. The molecule has 1 aromatic heterocycles. The van der Waals surface area contributed by atoms with Crippen molar-refractivity contribution in [3.05, 3.63) is 22.3 Å². The summed E-state index contributed by atoms with van der Waals surface area (Å²) >= 11 is 2.40. The number of carboxylic acid groups (broad SMARTS) is 1. The van der Waals surface area contributed by atoms with Gasteiger partial charge in [0.05, 0.1) is 0 Å². The van der Waals surface area contributed by atoms with Crippen molar-refractivity contribution >= 4 is 57.7 Å². The van der Waals surface area contributed by atoms with Crippen molar-refractivity contribution in [2.75, 3.05) is 24.7 Å². The Morgan fingerprint density at radius 1 is 1.41 bits per heavy atom. The summed E-state index contributed by atoms with van der Waals surface area (Å²) in [6.45, 7) is 1.37. The summed E-state index contributed by atoms with van der Waals surface area (Å²) in [5.41, 5.74) is 5.87. The van der Waals surface area contributed by atoms with Crippen LogP contribution in [0.5, 0.6) is 0 Å². The quantitative estimate of drug-likeness (QED) is 0.102. The molecule has 0 spiro atoms. The van der Waals surface area contributed by atoms with Gasteiger partial charge in [0.1, 0.15) is 36.0 Å². The van der Waals surface area contributed by atoms with Gasteiger partial charge in [-0.1, -0.05) is 5.16 Å². The van der Waals surface area contributed by atoms with Crippen LogP contribution in [0.3, 0.4) is 0 Å². The van der Waals surface area contributed by atoms with Crippen molar-refractivity contribution in [3.8, 4) is 0 Å². The van der Waals surface area contributed by atoms with Gasteiger partial charge in [0.2, 0.25) is 0 Å². The Labute approximate surface area is 226 Å². The van der Waals surface area contributed by atoms with Crippen LogP contribution in [0.1, 0.15) is 26.9 Å². The summed E-state index contributed by atoms with van der Waals surface area (Å²) in [4.78, 5) is 59.1. The number of thioether (sulfide) groups is 1. The molecular formula is C19H22N5NaO7S2. The molecule has 34 heavy (non-hydrogen) atoms. The van der Waals surface area contributed by atoms with Gasteiger partial charge in [0.25, 0.3) is 11.8 Å². The second-order valence-corrected chi connectivity index (χ2v) is 9.64. The molecule has 2 fully saturated rings. The molecule has 0 unspecified atom stereocenters. The van der Waals surface area contributed by atoms with Crippen molar-refractivity contribution < 1.29 is 64.8 Å². The maximum Gasteiger partial charge on any atom is 1.00 e. The molecule has 4 N–H and O–H groups in total. The second-order valence-electron chi connectivity index (χ2n) is 7.65. The van der Waals surface area contributed by atoms with Gasteiger partial charge < -0.3 is 27.2 Å². The Morgan fingerprint density at radius 2 is 2.15 bits per heavy atom. The number of carboxylic acids is 1. The van der Waals surface area contributed by atoms with Crippen molar-refractivity contribution in [1.82, 2.24) is 15.2 Å². The zero-order valence-electron chi connectivity index (χ0n) is 19.5. The molecule has 3 aliphatic rings. The standard InChI is InChI=1S/C19H21N5O7S2.Na.H/c1-8(25)30-5-10-6-32-17-13(16(27)24(17)14(10)18(28)29)22-15(26)12(11-7-33-19(20)21-11)23-31-4-9-2-3-9;;/h7,9,13,17H,2-6H2,1H3,(H2,20,21)(H,22,26)(H,28,29);;/q;+1;-1/b23-12-;;/t13-,17-;;/m1../s1. The van der Waals surface area contributed by atoms with E-state index < -0.39 is 35.2 Å². The molecule has 1 saturated heterocycles. The fourth-order valence-corrected chi connectivity index (χ4v) is 5.16. The van der Waals surface area contributed by atoms with Gasteiger partial charge >= 0.3 is 41.5 Å². The zero-order valence-corrected chi connectivity index (χ0v) is 22.1. The number of aromatic nitrogens is 1. The van der Waals surface area contributed by atoms with Gasteiger partial charge in [-0.15, -0.1) is 23.1 Å². The number of nitrogens with one attached hydrogen (secondary N) is 1. The first kappa shape index (κ1) is 26.5. The molecule has 1 aliphatic carbocycles. The summed E-state index contributed by atoms with van der Waals surface area (Å²) in [7, 11) is 0. The van der Waals surface area contributed by atoms with E-state index in [1.54, 1.807) is 5.38 Å². The minimum atomic E-state index is -1.31. The first-order valence-electron chi connectivity index (χ1n) is 10.0. The number of oxime groups is 1. The second kappa shape index (κ2) is 11.1. The molecule has 0 bridgehead atoms. The average molecular weight is 520 g/mol. The number of aliphatic carboxylic acids is 1. The van der Waals surface area contributed by atoms with Crippen molar-refractivity contribution in [2.45, 2.75) is 31.2 Å². The number of β-lactam (4-membered cyclic amide) rings is 1. The molecule has 2 atom stereocenters. The minimum absolute atomic E-state index is 0. The van der Waals surface area contributed by atoms with Crippen molar-refractivity contribution in [2.24, 2.45) is 11.1 Å². The summed E-state index contributed by atoms with van der Waals surface area (Å²) in [5.74, 6) is -2.49. The number of amides is 2. The number of nitrogen functional groups attached to an aromatic ring is 1. The Hall–Kier alpha value is -2.13. The number of fused-ring (bicyclic) bond motifs is 1. The fraction of sp³-hybridized carbons (Fsp3) is 0.474. The van der Waals surface area contributed by atoms with Crippen molar-refractivity contribution in [1.29, 1.82) is 0 Å². The maximum atomic E-state index is 13.0. The van der Waals surface area contributed by atoms with E-state index in [4.69, 9.17) is 15.3 Å². The molecule has 178 valence electrons. The molecule has 15 heteroatoms. The number of nitrogens with zero attached hydrogens (tertiary/aromatic N) is 3. The molecule has 1 aromatic rings. The van der Waals surface area contributed by atoms with Crippen LogP contribution in [0.4, 0.5) is 5.13 Å². The number of hydrogen-bond donors (Lipinski definition) is 3. The smallest absolute Gasteiger partial charge is 1.00 e. The summed E-state index contributed by atoms with van der Waals surface area (Å²) in [6, 6.07) is -0.961. The third-order valence-corrected chi connectivity index (χ3v) is 7.14. The zero-order chi connectivity index (χ0) is 23.7. The third-order valence-electron chi connectivity index (χ3n) is 5.13. The number of anilines is 1. The molecule has 4 rings (SSSR count). The minimum Gasteiger partial charge on any atom is -1.00 e. The number of carbonyl (C=O) groups is 4. The third kappa shape index (κ3) is 5.74. The first-order chi connectivity index (χ1) is 15.8. The maximum absolute atomic E-state index is 13.0. The van der Waals surface area contributed by atoms with Crippen LogP contribution in [0.2, 0.25) is 0 Å². The molecule has 12 nitrogen and oxygen atoms in total. The Morgan fingerprint density at radius 3 is 2.74 bits per heavy atom. The van der Waals surface area contributed by atoms with Gasteiger partial charge in [-0.3, -0.25) is 19.3 Å². The molecule has 0 radical (unpaired) electrons. The Kier molecular flexibility index (Phi) is 8.62. The fourth-order valence-electron chi connectivity index (χ4n) is 3.29. The van der Waals surface area contributed by atoms with Crippen molar-refractivity contribution in [3.63, 3.8) is 0 Å². The summed E-state index contributed by atoms with van der Waals surface area (Å²) in [5, 5.41) is 17.4. The average Bonchev–Trinajstić information content (AvgIpc) is 3.50. The predicted octanol–water partition coefficient (Wildman–Crippen LogP) is -2.73. The van der Waals surface area contributed by atoms with E-state index in [-0.39, 0.29) is 65.6 Å². The predicted molar refractivity (Wildman–Crippen MR) is 119 cm³/mol. The number of esters is 1. The number of hydrogen-bond acceptors (Lipinski definition) is 11. The van der Waals surface area contributed by atoms with Gasteiger partial charge in [0, 0.05) is 23.6 Å². The van der Waals surface area contributed by atoms with Crippen LogP contribution in [0, 0.1) is 5.92 Å². The molecular weight excluding hydrogens is 497 g/mol. The van der Waals surface area contributed by atoms with E-state index >= 15 is 0 Å². The van der Waals surface area contributed by atoms with E-state index in [0.717, 1.165) is 29.1 Å². The first-order valence-corrected chi connectivity index (χ1v) is 11.9. The van der Waals surface area contributed by atoms with Gasteiger partial charge in [-0.05, 0) is 18.8 Å². The number of rotatable bonds is 9. The van der Waals surface area contributed by atoms with Gasteiger partial charge in [-0.2, -0.15) is 0 Å². The number of ether oxygens (including phenoxy) is 1. The Bertz CT molecular complexity index is 1080. The van der Waals surface area contributed by atoms with Crippen LogP contribution in [0.25, 0.3) is 0 Å². The van der Waals surface area contributed by atoms with E-state index in [9.17, 15) is 24.3 Å². The van der Waals surface area contributed by atoms with E-state index in [1.807, 2.05) is 0 Å². The number of nitrogens with two attached hydrogens (primary N) is 1. The molecule has 3 heterocycles. The Balaban J connectivity index is 0.00000216. The van der Waals surface area contributed by atoms with E-state index in [2.05, 4.69) is 15.5 Å². The largest absolute Gasteiger partial charge is 1.00 e. The van der Waals surface area contributed by atoms with Crippen LogP contribution < -0.4 is 40.6 Å². The van der Waals surface area contributed by atoms with Crippen LogP contribution >= 0.6 is 23.1 Å². The van der Waals surface area contributed by atoms with Crippen LogP contribution in [0.15, 0.2) is 21.8 Å². The summed E-state index contributed by atoms with van der Waals surface area (Å²) < 4.78 is 4.91. The molecule has 0 aromatic carbocycles. The van der Waals surface area contributed by atoms with Crippen LogP contribution in [-0.4, -0.2) is 74.8 Å². The van der Waals surface area contributed by atoms with Crippen LogP contribution in [-0.2, 0) is 28.8 Å². The monoisotopic (exact) mass is 519 g/mol. The summed E-state index contributed by atoms with van der Waals surface area (Å²) in [6.07, 6.45) is 2.09. The molecule has 1 saturated carbocycles. The SMILES string of the molecule is CC(=O)OCC1=C(C(=O)O)N2C(=O)[C@@H](NC(=O)/C(=N\OCC3CC3)c3csc(N)n3)[C@H]2SC1.[H-].[Na+]. The molecule has 2 aliphatic heterocycles. The normalized spacial score (nSPS) is 21.7. The molecule has 2 amide bonds. The van der Waals surface area contributed by atoms with E-state index in [0.29, 0.717) is 18.1 Å².